The molecule has 120 valence electrons. The zero-order valence-electron chi connectivity index (χ0n) is 11.7. The van der Waals surface area contributed by atoms with Crippen LogP contribution in [0.5, 0.6) is 0 Å². The summed E-state index contributed by atoms with van der Waals surface area (Å²) >= 11 is 0. The summed E-state index contributed by atoms with van der Waals surface area (Å²) in [6.07, 6.45) is 7.11. The summed E-state index contributed by atoms with van der Waals surface area (Å²) in [4.78, 5) is 26.4. The van der Waals surface area contributed by atoms with Gasteiger partial charge in [-0.2, -0.15) is 9.78 Å². The molecule has 0 atom stereocenters. The molecule has 0 aliphatic carbocycles. The first-order chi connectivity index (χ1) is 9.40. The molecule has 4 N–H and O–H groups in total. The molecule has 1 heterocycles. The fourth-order valence-electron chi connectivity index (χ4n) is 1.40. The summed E-state index contributed by atoms with van der Waals surface area (Å²) in [5, 5.41) is 27.9. The van der Waals surface area contributed by atoms with Crippen LogP contribution in [-0.2, 0) is 9.78 Å². The van der Waals surface area contributed by atoms with E-state index in [1.807, 2.05) is 0 Å². The van der Waals surface area contributed by atoms with Crippen molar-refractivity contribution in [3.63, 3.8) is 0 Å². The lowest BCUT2D eigenvalue weighted by Gasteiger charge is -1.98. The van der Waals surface area contributed by atoms with Gasteiger partial charge in [-0.05, 0) is 6.42 Å². The first kappa shape index (κ1) is 20.8. The summed E-state index contributed by atoms with van der Waals surface area (Å²) in [5.74, 6) is 0. The van der Waals surface area contributed by atoms with Crippen LogP contribution < -0.4 is 0 Å². The molecule has 0 aromatic carbocycles. The monoisotopic (exact) mass is 296 g/mol. The highest BCUT2D eigenvalue weighted by atomic mass is 17.4. The van der Waals surface area contributed by atoms with Gasteiger partial charge in [-0.15, -0.1) is 0 Å². The molecule has 0 bridgehead atoms. The minimum atomic E-state index is -1.83. The second-order valence-electron chi connectivity index (χ2n) is 4.10. The summed E-state index contributed by atoms with van der Waals surface area (Å²) < 4.78 is 0. The van der Waals surface area contributed by atoms with Crippen LogP contribution in [0.2, 0.25) is 0 Å². The molecule has 0 spiro atoms. The van der Waals surface area contributed by atoms with Crippen molar-refractivity contribution in [2.24, 2.45) is 0 Å². The predicted octanol–water partition coefficient (Wildman–Crippen LogP) is 3.86. The first-order valence-electron chi connectivity index (χ1n) is 6.56. The number of unbranched alkanes of at least 4 members (excludes halogenated alkanes) is 6. The van der Waals surface area contributed by atoms with Crippen LogP contribution in [0.4, 0.5) is 9.59 Å². The van der Waals surface area contributed by atoms with E-state index in [2.05, 4.69) is 16.7 Å². The van der Waals surface area contributed by atoms with Crippen LogP contribution in [0.3, 0.4) is 0 Å². The minimum Gasteiger partial charge on any atom is -0.450 e. The minimum absolute atomic E-state index is 0.153. The van der Waals surface area contributed by atoms with Crippen LogP contribution in [-0.4, -0.2) is 39.0 Å². The molecule has 1 saturated heterocycles. The van der Waals surface area contributed by atoms with Crippen molar-refractivity contribution >= 4 is 12.3 Å². The molecule has 0 radical (unpaired) electrons. The van der Waals surface area contributed by atoms with Gasteiger partial charge in [0.2, 0.25) is 6.29 Å². The molecule has 1 fully saturated rings. The van der Waals surface area contributed by atoms with E-state index >= 15 is 0 Å². The first-order valence-corrected chi connectivity index (χ1v) is 6.56. The SMILES string of the molecule is CCCCCCCCCC1OO1.O=C(O)O.O=C(O)O. The van der Waals surface area contributed by atoms with Gasteiger partial charge in [0, 0.05) is 6.42 Å². The summed E-state index contributed by atoms with van der Waals surface area (Å²) in [6.45, 7) is 2.25. The molecule has 8 heteroatoms. The van der Waals surface area contributed by atoms with Crippen molar-refractivity contribution in [1.82, 2.24) is 0 Å². The van der Waals surface area contributed by atoms with Crippen LogP contribution in [0.15, 0.2) is 0 Å². The largest absolute Gasteiger partial charge is 0.503 e. The normalized spacial score (nSPS) is 12.4. The smallest absolute Gasteiger partial charge is 0.450 e. The van der Waals surface area contributed by atoms with Gasteiger partial charge in [-0.1, -0.05) is 45.4 Å². The zero-order chi connectivity index (χ0) is 15.8. The molecule has 0 aromatic rings. The van der Waals surface area contributed by atoms with Crippen LogP contribution in [0, 0.1) is 0 Å². The Kier molecular flexibility index (Phi) is 16.1. The van der Waals surface area contributed by atoms with Crippen molar-refractivity contribution in [1.29, 1.82) is 0 Å². The maximum absolute atomic E-state index is 8.56. The molecule has 8 nitrogen and oxygen atoms in total. The molecular weight excluding hydrogens is 272 g/mol. The maximum atomic E-state index is 8.56. The van der Waals surface area contributed by atoms with E-state index in [1.165, 1.54) is 44.9 Å². The van der Waals surface area contributed by atoms with Gasteiger partial charge in [-0.25, -0.2) is 9.59 Å². The molecular formula is C12H24O8. The fourth-order valence-corrected chi connectivity index (χ4v) is 1.40. The van der Waals surface area contributed by atoms with Crippen molar-refractivity contribution in [3.8, 4) is 0 Å². The van der Waals surface area contributed by atoms with Gasteiger partial charge < -0.3 is 20.4 Å². The second kappa shape index (κ2) is 15.5. The number of hydrogen-bond donors (Lipinski definition) is 4. The standard InChI is InChI=1S/C10H20O2.2CH2O3/c1-2-3-4-5-6-7-8-9-10-11-12-10;2*2-1(3)4/h10H,2-9H2,1H3;2*(H2,2,3,4). The highest BCUT2D eigenvalue weighted by Crippen LogP contribution is 2.19. The Labute approximate surface area is 117 Å². The zero-order valence-corrected chi connectivity index (χ0v) is 11.7. The van der Waals surface area contributed by atoms with Crippen LogP contribution in [0.25, 0.3) is 0 Å². The van der Waals surface area contributed by atoms with Gasteiger partial charge in [0.15, 0.2) is 0 Å². The highest BCUT2D eigenvalue weighted by molar-refractivity contribution is 5.53. The lowest BCUT2D eigenvalue weighted by molar-refractivity contribution is 0.0850. The average molecular weight is 296 g/mol. The number of carbonyl (C=O) groups is 2. The molecule has 0 amide bonds. The average Bonchev–Trinajstić information content (AvgIpc) is 3.10. The Morgan fingerprint density at radius 3 is 1.50 bits per heavy atom. The Hall–Kier alpha value is -1.54. The van der Waals surface area contributed by atoms with E-state index < -0.39 is 12.3 Å². The van der Waals surface area contributed by atoms with Crippen molar-refractivity contribution in [3.05, 3.63) is 0 Å². The van der Waals surface area contributed by atoms with E-state index in [4.69, 9.17) is 30.0 Å². The topological polar surface area (TPSA) is 140 Å². The second-order valence-corrected chi connectivity index (χ2v) is 4.10. The van der Waals surface area contributed by atoms with Crippen molar-refractivity contribution in [2.75, 3.05) is 0 Å². The summed E-state index contributed by atoms with van der Waals surface area (Å²) in [7, 11) is 0. The van der Waals surface area contributed by atoms with Crippen molar-refractivity contribution < 1.29 is 39.8 Å². The summed E-state index contributed by atoms with van der Waals surface area (Å²) in [6, 6.07) is 0. The van der Waals surface area contributed by atoms with Gasteiger partial charge in [0.1, 0.15) is 0 Å². The molecule has 0 saturated carbocycles. The van der Waals surface area contributed by atoms with E-state index in [0.29, 0.717) is 0 Å². The quantitative estimate of drug-likeness (QED) is 0.300. The van der Waals surface area contributed by atoms with Gasteiger partial charge in [-0.3, -0.25) is 0 Å². The van der Waals surface area contributed by atoms with E-state index in [1.54, 1.807) is 0 Å². The number of rotatable bonds is 8. The van der Waals surface area contributed by atoms with Crippen LogP contribution >= 0.6 is 0 Å². The molecule has 0 aromatic heterocycles. The lowest BCUT2D eigenvalue weighted by atomic mass is 10.1. The molecule has 20 heavy (non-hydrogen) atoms. The molecule has 1 aliphatic heterocycles. The predicted molar refractivity (Wildman–Crippen MR) is 69.9 cm³/mol. The van der Waals surface area contributed by atoms with Gasteiger partial charge >= 0.3 is 12.3 Å². The number of carboxylic acid groups (broad SMARTS) is 4. The van der Waals surface area contributed by atoms with E-state index in [9.17, 15) is 0 Å². The fraction of sp³-hybridized carbons (Fsp3) is 0.833. The van der Waals surface area contributed by atoms with Crippen LogP contribution in [0.1, 0.15) is 58.3 Å². The van der Waals surface area contributed by atoms with E-state index in [-0.39, 0.29) is 6.29 Å². The van der Waals surface area contributed by atoms with Gasteiger partial charge in [0.25, 0.3) is 0 Å². The van der Waals surface area contributed by atoms with Crippen molar-refractivity contribution in [2.45, 2.75) is 64.6 Å². The molecule has 1 rings (SSSR count). The van der Waals surface area contributed by atoms with E-state index in [0.717, 1.165) is 6.42 Å². The Morgan fingerprint density at radius 2 is 1.15 bits per heavy atom. The third kappa shape index (κ3) is 36.0. The third-order valence-corrected chi connectivity index (χ3v) is 2.28. The number of hydrogen-bond acceptors (Lipinski definition) is 4. The maximum Gasteiger partial charge on any atom is 0.503 e. The summed E-state index contributed by atoms with van der Waals surface area (Å²) in [5.41, 5.74) is 0. The Balaban J connectivity index is 0. The molecule has 1 aliphatic rings. The van der Waals surface area contributed by atoms with Gasteiger partial charge in [0.05, 0.1) is 0 Å². The Morgan fingerprint density at radius 1 is 0.800 bits per heavy atom. The lowest BCUT2D eigenvalue weighted by Crippen LogP contribution is -1.85. The highest BCUT2D eigenvalue weighted by Gasteiger charge is 2.24. The third-order valence-electron chi connectivity index (χ3n) is 2.28. The molecule has 0 unspecified atom stereocenters. The Bertz CT molecular complexity index is 220.